The molecule has 200 valence electrons. The van der Waals surface area contributed by atoms with Crippen LogP contribution in [-0.2, 0) is 13.0 Å². The highest BCUT2D eigenvalue weighted by atomic mass is 15.2. The average molecular weight is 528 g/mol. The van der Waals surface area contributed by atoms with Crippen LogP contribution in [0.15, 0.2) is 127 Å². The molecule has 0 aliphatic rings. The van der Waals surface area contributed by atoms with E-state index in [1.54, 1.807) is 6.21 Å². The van der Waals surface area contributed by atoms with Gasteiger partial charge in [0.25, 0.3) is 0 Å². The minimum atomic E-state index is 0.483. The number of rotatable bonds is 11. The smallest absolute Gasteiger partial charge is 0.122 e. The van der Waals surface area contributed by atoms with Gasteiger partial charge in [-0.25, -0.2) is 9.51 Å². The molecule has 5 N–H and O–H groups in total. The third kappa shape index (κ3) is 6.28. The van der Waals surface area contributed by atoms with Crippen LogP contribution in [0.4, 0.5) is 11.4 Å². The third-order valence-electron chi connectivity index (χ3n) is 6.48. The second-order valence-electron chi connectivity index (χ2n) is 9.56. The Morgan fingerprint density at radius 1 is 1.00 bits per heavy atom. The van der Waals surface area contributed by atoms with Crippen molar-refractivity contribution in [1.29, 1.82) is 0 Å². The van der Waals surface area contributed by atoms with E-state index in [9.17, 15) is 0 Å². The summed E-state index contributed by atoms with van der Waals surface area (Å²) in [5.41, 5.74) is 15.8. The lowest BCUT2D eigenvalue weighted by molar-refractivity contribution is 0.966. The zero-order chi connectivity index (χ0) is 27.9. The molecule has 0 spiro atoms. The van der Waals surface area contributed by atoms with Gasteiger partial charge in [0, 0.05) is 66.0 Å². The first-order valence-corrected chi connectivity index (χ1v) is 13.1. The molecule has 5 rings (SSSR count). The molecule has 0 unspecified atom stereocenters. The molecule has 0 aliphatic carbocycles. The molecule has 0 fully saturated rings. The molecule has 0 aliphatic heterocycles. The number of aromatic nitrogens is 3. The summed E-state index contributed by atoms with van der Waals surface area (Å²) in [6.07, 6.45) is 10.4. The predicted molar refractivity (Wildman–Crippen MR) is 167 cm³/mol. The molecule has 3 heterocycles. The van der Waals surface area contributed by atoms with E-state index in [2.05, 4.69) is 65.0 Å². The lowest BCUT2D eigenvalue weighted by Gasteiger charge is -2.11. The Balaban J connectivity index is 1.39. The van der Waals surface area contributed by atoms with Gasteiger partial charge in [-0.05, 0) is 72.2 Å². The maximum atomic E-state index is 5.75. The molecule has 0 atom stereocenters. The lowest BCUT2D eigenvalue weighted by atomic mass is 10.00. The molecular weight excluding hydrogens is 494 g/mol. The zero-order valence-corrected chi connectivity index (χ0v) is 22.6. The Labute approximate surface area is 234 Å². The number of nitrogens with two attached hydrogens (primary N) is 1. The topological polar surface area (TPSA) is 95.5 Å². The van der Waals surface area contributed by atoms with E-state index in [0.717, 1.165) is 57.0 Å². The van der Waals surface area contributed by atoms with Crippen molar-refractivity contribution in [3.8, 4) is 11.3 Å². The van der Waals surface area contributed by atoms with Crippen LogP contribution >= 0.6 is 0 Å². The summed E-state index contributed by atoms with van der Waals surface area (Å²) < 4.78 is 1.91. The molecule has 0 bridgehead atoms. The molecule has 7 nitrogen and oxygen atoms in total. The van der Waals surface area contributed by atoms with Crippen molar-refractivity contribution >= 4 is 28.7 Å². The van der Waals surface area contributed by atoms with E-state index in [1.165, 1.54) is 5.56 Å². The fourth-order valence-electron chi connectivity index (χ4n) is 4.59. The van der Waals surface area contributed by atoms with Crippen LogP contribution in [0.3, 0.4) is 0 Å². The van der Waals surface area contributed by atoms with Crippen molar-refractivity contribution < 1.29 is 0 Å². The van der Waals surface area contributed by atoms with Gasteiger partial charge in [0.1, 0.15) is 11.5 Å². The average Bonchev–Trinajstić information content (AvgIpc) is 3.61. The summed E-state index contributed by atoms with van der Waals surface area (Å²) >= 11 is 0. The normalized spacial score (nSPS) is 11.7. The number of benzene rings is 2. The number of nitrogens with zero attached hydrogens (tertiary/aromatic N) is 3. The van der Waals surface area contributed by atoms with Crippen LogP contribution in [0.5, 0.6) is 0 Å². The molecule has 7 heteroatoms. The van der Waals surface area contributed by atoms with Gasteiger partial charge in [-0.1, -0.05) is 43.5 Å². The molecule has 0 amide bonds. The SMILES string of the molecule is C=C(Cc1cc[nH]c1)Nc1cccc(-c2nn3ccccc3c2/C(C)=C/C=N\C(=C)Nc2cccc(CN)c2)c1. The van der Waals surface area contributed by atoms with Crippen LogP contribution in [0.1, 0.15) is 23.6 Å². The van der Waals surface area contributed by atoms with Gasteiger partial charge >= 0.3 is 0 Å². The van der Waals surface area contributed by atoms with Crippen LogP contribution in [0.2, 0.25) is 0 Å². The minimum absolute atomic E-state index is 0.483. The molecule has 0 saturated carbocycles. The van der Waals surface area contributed by atoms with Crippen molar-refractivity contribution in [2.75, 3.05) is 10.6 Å². The molecule has 2 aromatic carbocycles. The highest BCUT2D eigenvalue weighted by Crippen LogP contribution is 2.33. The molecule has 3 aromatic heterocycles. The van der Waals surface area contributed by atoms with Crippen molar-refractivity contribution in [3.05, 3.63) is 139 Å². The predicted octanol–water partition coefficient (Wildman–Crippen LogP) is 7.01. The van der Waals surface area contributed by atoms with Crippen molar-refractivity contribution in [1.82, 2.24) is 14.6 Å². The maximum absolute atomic E-state index is 5.75. The fraction of sp³-hybridized carbons (Fsp3) is 0.0909. The number of pyridine rings is 1. The van der Waals surface area contributed by atoms with Gasteiger partial charge < -0.3 is 21.4 Å². The number of hydrogen-bond donors (Lipinski definition) is 4. The maximum Gasteiger partial charge on any atom is 0.122 e. The van der Waals surface area contributed by atoms with Crippen LogP contribution in [0, 0.1) is 0 Å². The van der Waals surface area contributed by atoms with Gasteiger partial charge in [-0.3, -0.25) is 0 Å². The van der Waals surface area contributed by atoms with Gasteiger partial charge in [0.2, 0.25) is 0 Å². The Bertz CT molecular complexity index is 1700. The molecular formula is C33H33N7. The molecule has 5 aromatic rings. The second kappa shape index (κ2) is 12.1. The van der Waals surface area contributed by atoms with Crippen molar-refractivity contribution in [2.45, 2.75) is 19.9 Å². The number of fused-ring (bicyclic) bond motifs is 1. The summed E-state index contributed by atoms with van der Waals surface area (Å²) in [4.78, 5) is 7.59. The first-order chi connectivity index (χ1) is 19.5. The van der Waals surface area contributed by atoms with Crippen molar-refractivity contribution in [3.63, 3.8) is 0 Å². The highest BCUT2D eigenvalue weighted by molar-refractivity contribution is 5.94. The number of aliphatic imine (C=N–C) groups is 1. The number of hydrogen-bond acceptors (Lipinski definition) is 5. The Hall–Kier alpha value is -5.14. The van der Waals surface area contributed by atoms with E-state index >= 15 is 0 Å². The summed E-state index contributed by atoms with van der Waals surface area (Å²) in [5, 5.41) is 11.6. The summed E-state index contributed by atoms with van der Waals surface area (Å²) in [6, 6.07) is 24.3. The molecule has 0 radical (unpaired) electrons. The van der Waals surface area contributed by atoms with Crippen LogP contribution in [0.25, 0.3) is 22.3 Å². The Morgan fingerprint density at radius 3 is 2.62 bits per heavy atom. The van der Waals surface area contributed by atoms with E-state index in [4.69, 9.17) is 10.8 Å². The van der Waals surface area contributed by atoms with Crippen LogP contribution in [-0.4, -0.2) is 20.8 Å². The van der Waals surface area contributed by atoms with Gasteiger partial charge in [-0.15, -0.1) is 0 Å². The zero-order valence-electron chi connectivity index (χ0n) is 22.6. The van der Waals surface area contributed by atoms with Gasteiger partial charge in [0.15, 0.2) is 0 Å². The first kappa shape index (κ1) is 26.5. The van der Waals surface area contributed by atoms with E-state index in [1.807, 2.05) is 77.7 Å². The minimum Gasteiger partial charge on any atom is -0.367 e. The molecule has 40 heavy (non-hydrogen) atoms. The summed E-state index contributed by atoms with van der Waals surface area (Å²) in [7, 11) is 0. The van der Waals surface area contributed by atoms with Gasteiger partial charge in [-0.2, -0.15) is 5.10 Å². The Kier molecular flexibility index (Phi) is 8.04. The quantitative estimate of drug-likeness (QED) is 0.139. The van der Waals surface area contributed by atoms with Crippen LogP contribution < -0.4 is 16.4 Å². The third-order valence-corrected chi connectivity index (χ3v) is 6.48. The number of allylic oxidation sites excluding steroid dienone is 3. The van der Waals surface area contributed by atoms with Gasteiger partial charge in [0.05, 0.1) is 5.52 Å². The number of anilines is 2. The van der Waals surface area contributed by atoms with E-state index in [-0.39, 0.29) is 0 Å². The number of aromatic amines is 1. The number of nitrogens with one attached hydrogen (secondary N) is 3. The van der Waals surface area contributed by atoms with E-state index in [0.29, 0.717) is 12.4 Å². The summed E-state index contributed by atoms with van der Waals surface area (Å²) in [6.45, 7) is 10.8. The highest BCUT2D eigenvalue weighted by Gasteiger charge is 2.16. The Morgan fingerprint density at radius 2 is 1.82 bits per heavy atom. The second-order valence-corrected chi connectivity index (χ2v) is 9.56. The first-order valence-electron chi connectivity index (χ1n) is 13.1. The standard InChI is InChI=1S/C33H33N7/c1-23(13-16-36-25(3)38-29-10-6-8-26(19-29)21-34)32-31-12-4-5-17-40(31)39-33(32)28-9-7-11-30(20-28)37-24(2)18-27-14-15-35-22-27/h4-17,19-20,22,35,37-38H,2-3,18,21,34H2,1H3/b23-13+,36-16-. The molecule has 0 saturated heterocycles. The van der Waals surface area contributed by atoms with Crippen molar-refractivity contribution in [2.24, 2.45) is 10.7 Å². The number of H-pyrrole nitrogens is 1. The van der Waals surface area contributed by atoms with E-state index < -0.39 is 0 Å². The monoisotopic (exact) mass is 527 g/mol. The fourth-order valence-corrected chi connectivity index (χ4v) is 4.59. The largest absolute Gasteiger partial charge is 0.367 e. The lowest BCUT2D eigenvalue weighted by Crippen LogP contribution is -2.01. The summed E-state index contributed by atoms with van der Waals surface area (Å²) in [5.74, 6) is 0.539.